The Balaban J connectivity index is 1.66. The van der Waals surface area contributed by atoms with Crippen molar-refractivity contribution in [3.63, 3.8) is 0 Å². The largest absolute Gasteiger partial charge is 0.497 e. The fraction of sp³-hybridized carbons (Fsp3) is 0.278. The summed E-state index contributed by atoms with van der Waals surface area (Å²) in [6.45, 7) is 1.23. The van der Waals surface area contributed by atoms with Crippen LogP contribution in [0.4, 0.5) is 14.5 Å². The van der Waals surface area contributed by atoms with Crippen LogP contribution in [0, 0.1) is 11.6 Å². The van der Waals surface area contributed by atoms with E-state index in [1.807, 2.05) is 24.3 Å². The molecule has 24 heavy (non-hydrogen) atoms. The van der Waals surface area contributed by atoms with Gasteiger partial charge in [0.2, 0.25) is 5.91 Å². The molecule has 0 aromatic heterocycles. The van der Waals surface area contributed by atoms with E-state index in [9.17, 15) is 13.6 Å². The standard InChI is InChI=1S/C18H20F2N2O2/c1-24-15-4-2-3-13(11-15)7-9-21-10-8-18(23)22-14-5-6-16(19)17(20)12-14/h2-6,11-12,21H,7-10H2,1H3,(H,22,23). The summed E-state index contributed by atoms with van der Waals surface area (Å²) in [5.41, 5.74) is 1.39. The van der Waals surface area contributed by atoms with E-state index >= 15 is 0 Å². The number of methoxy groups -OCH3 is 1. The maximum absolute atomic E-state index is 13.0. The van der Waals surface area contributed by atoms with Crippen molar-refractivity contribution in [1.82, 2.24) is 5.32 Å². The van der Waals surface area contributed by atoms with E-state index in [1.165, 1.54) is 6.07 Å². The van der Waals surface area contributed by atoms with Gasteiger partial charge in [-0.2, -0.15) is 0 Å². The molecule has 0 saturated heterocycles. The van der Waals surface area contributed by atoms with E-state index in [2.05, 4.69) is 10.6 Å². The number of nitrogens with one attached hydrogen (secondary N) is 2. The number of halogens is 2. The number of hydrogen-bond donors (Lipinski definition) is 2. The number of anilines is 1. The van der Waals surface area contributed by atoms with Gasteiger partial charge in [0.05, 0.1) is 7.11 Å². The molecule has 6 heteroatoms. The number of benzene rings is 2. The number of amides is 1. The predicted octanol–water partition coefficient (Wildman–Crippen LogP) is 3.13. The van der Waals surface area contributed by atoms with Crippen molar-refractivity contribution in [2.45, 2.75) is 12.8 Å². The normalized spacial score (nSPS) is 10.5. The molecular formula is C18H20F2N2O2. The summed E-state index contributed by atoms with van der Waals surface area (Å²) in [5, 5.41) is 5.70. The summed E-state index contributed by atoms with van der Waals surface area (Å²) < 4.78 is 31.0. The topological polar surface area (TPSA) is 50.4 Å². The second-order valence-corrected chi connectivity index (χ2v) is 5.28. The summed E-state index contributed by atoms with van der Waals surface area (Å²) in [5.74, 6) is -1.36. The van der Waals surface area contributed by atoms with Crippen LogP contribution in [0.3, 0.4) is 0 Å². The quantitative estimate of drug-likeness (QED) is 0.729. The van der Waals surface area contributed by atoms with Gasteiger partial charge >= 0.3 is 0 Å². The van der Waals surface area contributed by atoms with Crippen LogP contribution in [0.2, 0.25) is 0 Å². The van der Waals surface area contributed by atoms with Gasteiger partial charge < -0.3 is 15.4 Å². The molecule has 2 aromatic rings. The fourth-order valence-electron chi connectivity index (χ4n) is 2.18. The molecule has 128 valence electrons. The molecule has 0 radical (unpaired) electrons. The molecule has 0 aliphatic carbocycles. The maximum Gasteiger partial charge on any atom is 0.225 e. The summed E-state index contributed by atoms with van der Waals surface area (Å²) in [4.78, 5) is 11.7. The average molecular weight is 334 g/mol. The number of hydrogen-bond acceptors (Lipinski definition) is 3. The molecule has 4 nitrogen and oxygen atoms in total. The fourth-order valence-corrected chi connectivity index (χ4v) is 2.18. The third-order valence-electron chi connectivity index (χ3n) is 3.46. The molecule has 0 aliphatic rings. The molecule has 0 saturated carbocycles. The van der Waals surface area contributed by atoms with E-state index in [0.29, 0.717) is 6.54 Å². The third-order valence-corrected chi connectivity index (χ3v) is 3.46. The molecule has 2 N–H and O–H groups in total. The second kappa shape index (κ2) is 8.98. The second-order valence-electron chi connectivity index (χ2n) is 5.28. The van der Waals surface area contributed by atoms with Gasteiger partial charge in [0.25, 0.3) is 0 Å². The first-order chi connectivity index (χ1) is 11.6. The number of ether oxygens (including phenoxy) is 1. The first-order valence-corrected chi connectivity index (χ1v) is 7.67. The average Bonchev–Trinajstić information content (AvgIpc) is 2.58. The smallest absolute Gasteiger partial charge is 0.225 e. The van der Waals surface area contributed by atoms with Crippen LogP contribution < -0.4 is 15.4 Å². The van der Waals surface area contributed by atoms with Crippen LogP contribution >= 0.6 is 0 Å². The highest BCUT2D eigenvalue weighted by molar-refractivity contribution is 5.90. The minimum Gasteiger partial charge on any atom is -0.497 e. The zero-order chi connectivity index (χ0) is 17.4. The summed E-state index contributed by atoms with van der Waals surface area (Å²) in [7, 11) is 1.63. The monoisotopic (exact) mass is 334 g/mol. The SMILES string of the molecule is COc1cccc(CCNCCC(=O)Nc2ccc(F)c(F)c2)c1. The van der Waals surface area contributed by atoms with E-state index < -0.39 is 11.6 Å². The lowest BCUT2D eigenvalue weighted by Crippen LogP contribution is -2.23. The molecule has 0 heterocycles. The van der Waals surface area contributed by atoms with Crippen LogP contribution in [0.25, 0.3) is 0 Å². The molecule has 1 amide bonds. The molecule has 0 unspecified atom stereocenters. The Morgan fingerprint density at radius 3 is 2.67 bits per heavy atom. The van der Waals surface area contributed by atoms with Crippen molar-refractivity contribution in [2.24, 2.45) is 0 Å². The highest BCUT2D eigenvalue weighted by atomic mass is 19.2. The lowest BCUT2D eigenvalue weighted by atomic mass is 10.1. The Morgan fingerprint density at radius 1 is 1.08 bits per heavy atom. The highest BCUT2D eigenvalue weighted by Crippen LogP contribution is 2.13. The van der Waals surface area contributed by atoms with Gasteiger partial charge in [-0.15, -0.1) is 0 Å². The minimum atomic E-state index is -0.982. The van der Waals surface area contributed by atoms with Crippen LogP contribution in [0.1, 0.15) is 12.0 Å². The Hall–Kier alpha value is -2.47. The minimum absolute atomic E-state index is 0.246. The van der Waals surface area contributed by atoms with E-state index in [-0.39, 0.29) is 18.0 Å². The summed E-state index contributed by atoms with van der Waals surface area (Å²) >= 11 is 0. The van der Waals surface area contributed by atoms with Crippen LogP contribution in [0.5, 0.6) is 5.75 Å². The lowest BCUT2D eigenvalue weighted by Gasteiger charge is -2.08. The number of carbonyl (C=O) groups is 1. The van der Waals surface area contributed by atoms with Gasteiger partial charge in [0, 0.05) is 24.7 Å². The van der Waals surface area contributed by atoms with Crippen molar-refractivity contribution in [1.29, 1.82) is 0 Å². The Labute approximate surface area is 139 Å². The Morgan fingerprint density at radius 2 is 1.92 bits per heavy atom. The van der Waals surface area contributed by atoms with Gasteiger partial charge in [0.15, 0.2) is 11.6 Å². The molecule has 0 aliphatic heterocycles. The van der Waals surface area contributed by atoms with E-state index in [1.54, 1.807) is 7.11 Å². The number of carbonyl (C=O) groups excluding carboxylic acids is 1. The molecule has 0 fully saturated rings. The number of rotatable bonds is 8. The molecule has 2 aromatic carbocycles. The van der Waals surface area contributed by atoms with Crippen molar-refractivity contribution < 1.29 is 18.3 Å². The van der Waals surface area contributed by atoms with Gasteiger partial charge in [0.1, 0.15) is 5.75 Å². The van der Waals surface area contributed by atoms with Gasteiger partial charge in [-0.1, -0.05) is 12.1 Å². The van der Waals surface area contributed by atoms with Crippen LogP contribution in [-0.2, 0) is 11.2 Å². The summed E-state index contributed by atoms with van der Waals surface area (Å²) in [6, 6.07) is 11.1. The predicted molar refractivity (Wildman–Crippen MR) is 89.2 cm³/mol. The molecule has 2 rings (SSSR count). The van der Waals surface area contributed by atoms with E-state index in [0.717, 1.165) is 36.4 Å². The van der Waals surface area contributed by atoms with Crippen LogP contribution in [-0.4, -0.2) is 26.1 Å². The first-order valence-electron chi connectivity index (χ1n) is 7.67. The molecule has 0 spiro atoms. The van der Waals surface area contributed by atoms with Crippen molar-refractivity contribution in [2.75, 3.05) is 25.5 Å². The van der Waals surface area contributed by atoms with Crippen molar-refractivity contribution >= 4 is 11.6 Å². The van der Waals surface area contributed by atoms with Crippen molar-refractivity contribution in [3.8, 4) is 5.75 Å². The molecule has 0 bridgehead atoms. The summed E-state index contributed by atoms with van der Waals surface area (Å²) in [6.07, 6.45) is 1.07. The Kier molecular flexibility index (Phi) is 6.69. The maximum atomic E-state index is 13.0. The first kappa shape index (κ1) is 17.9. The molecular weight excluding hydrogens is 314 g/mol. The van der Waals surface area contributed by atoms with Crippen molar-refractivity contribution in [3.05, 3.63) is 59.7 Å². The zero-order valence-electron chi connectivity index (χ0n) is 13.4. The van der Waals surface area contributed by atoms with Gasteiger partial charge in [-0.3, -0.25) is 4.79 Å². The molecule has 0 atom stereocenters. The lowest BCUT2D eigenvalue weighted by molar-refractivity contribution is -0.116. The third kappa shape index (κ3) is 5.62. The van der Waals surface area contributed by atoms with Gasteiger partial charge in [-0.25, -0.2) is 8.78 Å². The Bertz CT molecular complexity index is 692. The van der Waals surface area contributed by atoms with Gasteiger partial charge in [-0.05, 0) is 42.8 Å². The highest BCUT2D eigenvalue weighted by Gasteiger charge is 2.06. The van der Waals surface area contributed by atoms with E-state index in [4.69, 9.17) is 4.74 Å². The van der Waals surface area contributed by atoms with Crippen LogP contribution in [0.15, 0.2) is 42.5 Å². The zero-order valence-corrected chi connectivity index (χ0v) is 13.4.